The van der Waals surface area contributed by atoms with Crippen molar-refractivity contribution in [2.45, 2.75) is 124 Å². The van der Waals surface area contributed by atoms with E-state index in [4.69, 9.17) is 4.89 Å². The Kier molecular flexibility index (Phi) is 12.3. The fourth-order valence-electron chi connectivity index (χ4n) is 3.71. The molecule has 22 heavy (non-hydrogen) atoms. The Hall–Kier alpha value is -0.0800. The molecule has 0 aromatic heterocycles. The molecule has 0 amide bonds. The van der Waals surface area contributed by atoms with Gasteiger partial charge in [-0.3, -0.25) is 5.26 Å². The summed E-state index contributed by atoms with van der Waals surface area (Å²) in [4.78, 5) is 5.20. The Morgan fingerprint density at radius 2 is 1.05 bits per heavy atom. The number of unbranched alkanes of at least 4 members (excludes halogenated alkanes) is 4. The molecule has 0 aliphatic heterocycles. The highest BCUT2D eigenvalue weighted by molar-refractivity contribution is 4.88. The van der Waals surface area contributed by atoms with Crippen LogP contribution in [0.15, 0.2) is 0 Å². The van der Waals surface area contributed by atoms with E-state index < -0.39 is 0 Å². The van der Waals surface area contributed by atoms with Crippen molar-refractivity contribution in [1.29, 1.82) is 0 Å². The van der Waals surface area contributed by atoms with Gasteiger partial charge in [-0.25, -0.2) is 4.89 Å². The maximum Gasteiger partial charge on any atom is 0.104 e. The molecular weight excluding hydrogens is 272 g/mol. The van der Waals surface area contributed by atoms with Gasteiger partial charge in [-0.2, -0.15) is 0 Å². The lowest BCUT2D eigenvalue weighted by molar-refractivity contribution is -0.335. The van der Waals surface area contributed by atoms with Gasteiger partial charge in [0.25, 0.3) is 0 Å². The maximum absolute atomic E-state index is 9.74. The van der Waals surface area contributed by atoms with Gasteiger partial charge in [0.05, 0.1) is 0 Å². The normalized spacial score (nSPS) is 12.8. The fourth-order valence-corrected chi connectivity index (χ4v) is 3.71. The van der Waals surface area contributed by atoms with Crippen LogP contribution in [0.5, 0.6) is 0 Å². The summed E-state index contributed by atoms with van der Waals surface area (Å²) in [6.45, 7) is 11.4. The van der Waals surface area contributed by atoms with Crippen molar-refractivity contribution >= 4 is 0 Å². The first-order chi connectivity index (χ1) is 10.5. The summed E-state index contributed by atoms with van der Waals surface area (Å²) in [5, 5.41) is 9.74. The van der Waals surface area contributed by atoms with Gasteiger partial charge in [0.15, 0.2) is 0 Å². The highest BCUT2D eigenvalue weighted by atomic mass is 17.1. The Morgan fingerprint density at radius 1 is 0.682 bits per heavy atom. The smallest absolute Gasteiger partial charge is 0.104 e. The van der Waals surface area contributed by atoms with Gasteiger partial charge in [0.2, 0.25) is 0 Å². The summed E-state index contributed by atoms with van der Waals surface area (Å²) < 4.78 is 0. The van der Waals surface area contributed by atoms with E-state index in [1.165, 1.54) is 38.5 Å². The molecule has 0 aromatic rings. The first-order valence-corrected chi connectivity index (χ1v) is 9.84. The van der Waals surface area contributed by atoms with Crippen LogP contribution < -0.4 is 0 Å². The molecule has 0 aromatic carbocycles. The van der Waals surface area contributed by atoms with Crippen molar-refractivity contribution in [3.05, 3.63) is 0 Å². The molecule has 1 N–H and O–H groups in total. The van der Waals surface area contributed by atoms with Crippen LogP contribution in [0.4, 0.5) is 0 Å². The molecule has 0 spiro atoms. The molecule has 2 heteroatoms. The van der Waals surface area contributed by atoms with E-state index in [9.17, 15) is 5.26 Å². The zero-order valence-corrected chi connectivity index (χ0v) is 16.0. The van der Waals surface area contributed by atoms with Crippen molar-refractivity contribution in [1.82, 2.24) is 0 Å². The van der Waals surface area contributed by atoms with Crippen LogP contribution in [0.25, 0.3) is 0 Å². The van der Waals surface area contributed by atoms with Crippen molar-refractivity contribution < 1.29 is 10.1 Å². The average Bonchev–Trinajstić information content (AvgIpc) is 2.54. The van der Waals surface area contributed by atoms with Crippen LogP contribution in [-0.4, -0.2) is 10.9 Å². The van der Waals surface area contributed by atoms with Crippen molar-refractivity contribution in [3.8, 4) is 0 Å². The molecule has 0 atom stereocenters. The van der Waals surface area contributed by atoms with E-state index in [0.717, 1.165) is 44.9 Å². The zero-order valence-electron chi connectivity index (χ0n) is 16.0. The second kappa shape index (κ2) is 12.4. The molecule has 0 radical (unpaired) electrons. The van der Waals surface area contributed by atoms with Crippen molar-refractivity contribution in [3.63, 3.8) is 0 Å². The highest BCUT2D eigenvalue weighted by Gasteiger charge is 2.38. The molecule has 2 nitrogen and oxygen atoms in total. The lowest BCUT2D eigenvalue weighted by Crippen LogP contribution is -2.38. The van der Waals surface area contributed by atoms with E-state index in [2.05, 4.69) is 34.6 Å². The quantitative estimate of drug-likeness (QED) is 0.252. The minimum Gasteiger partial charge on any atom is -0.251 e. The second-order valence-electron chi connectivity index (χ2n) is 7.68. The number of hydrogen-bond donors (Lipinski definition) is 1. The van der Waals surface area contributed by atoms with Crippen LogP contribution in [0.1, 0.15) is 118 Å². The van der Waals surface area contributed by atoms with Gasteiger partial charge in [-0.15, -0.1) is 0 Å². The molecule has 134 valence electrons. The average molecular weight is 315 g/mol. The highest BCUT2D eigenvalue weighted by Crippen LogP contribution is 2.43. The summed E-state index contributed by atoms with van der Waals surface area (Å²) in [5.74, 6) is 0. The molecule has 0 fully saturated rings. The lowest BCUT2D eigenvalue weighted by atomic mass is 9.69. The summed E-state index contributed by atoms with van der Waals surface area (Å²) in [5.41, 5.74) is -0.0154. The second-order valence-corrected chi connectivity index (χ2v) is 7.68. The number of rotatable bonds is 15. The van der Waals surface area contributed by atoms with E-state index >= 15 is 0 Å². The van der Waals surface area contributed by atoms with E-state index in [1.807, 2.05) is 0 Å². The Bertz CT molecular complexity index is 234. The molecule has 0 rings (SSSR count). The topological polar surface area (TPSA) is 29.5 Å². The van der Waals surface area contributed by atoms with Gasteiger partial charge in [-0.05, 0) is 37.5 Å². The van der Waals surface area contributed by atoms with Crippen LogP contribution in [0.2, 0.25) is 0 Å². The fraction of sp³-hybridized carbons (Fsp3) is 1.00. The van der Waals surface area contributed by atoms with Gasteiger partial charge >= 0.3 is 0 Å². The van der Waals surface area contributed by atoms with Gasteiger partial charge in [0, 0.05) is 0 Å². The molecule has 0 heterocycles. The van der Waals surface area contributed by atoms with Gasteiger partial charge in [0.1, 0.15) is 5.60 Å². The molecular formula is C20H42O2. The molecule has 0 saturated heterocycles. The predicted molar refractivity (Wildman–Crippen MR) is 97.3 cm³/mol. The third-order valence-electron chi connectivity index (χ3n) is 5.18. The van der Waals surface area contributed by atoms with Crippen molar-refractivity contribution in [2.75, 3.05) is 0 Å². The molecule has 0 saturated carbocycles. The first-order valence-electron chi connectivity index (χ1n) is 9.84. The van der Waals surface area contributed by atoms with Crippen LogP contribution in [0, 0.1) is 5.41 Å². The monoisotopic (exact) mass is 314 g/mol. The SMILES string of the molecule is CCCCC(C)(CCCC)CC(CCCC)(CCCC)OO. The summed E-state index contributed by atoms with van der Waals surface area (Å²) in [6, 6.07) is 0. The van der Waals surface area contributed by atoms with Crippen LogP contribution in [0.3, 0.4) is 0 Å². The Morgan fingerprint density at radius 3 is 1.36 bits per heavy atom. The zero-order chi connectivity index (χ0) is 16.9. The van der Waals surface area contributed by atoms with Crippen LogP contribution in [-0.2, 0) is 4.89 Å². The van der Waals surface area contributed by atoms with E-state index in [-0.39, 0.29) is 5.60 Å². The van der Waals surface area contributed by atoms with Crippen molar-refractivity contribution in [2.24, 2.45) is 5.41 Å². The summed E-state index contributed by atoms with van der Waals surface area (Å²) in [6.07, 6.45) is 15.2. The van der Waals surface area contributed by atoms with Crippen LogP contribution >= 0.6 is 0 Å². The standard InChI is InChI=1S/C20H42O2/c1-6-10-14-19(5,15-11-7-2)18-20(22-21,16-12-8-3)17-13-9-4/h21H,6-18H2,1-5H3. The summed E-state index contributed by atoms with van der Waals surface area (Å²) in [7, 11) is 0. The van der Waals surface area contributed by atoms with E-state index in [0.29, 0.717) is 5.41 Å². The molecule has 0 unspecified atom stereocenters. The minimum absolute atomic E-state index is 0.302. The third-order valence-corrected chi connectivity index (χ3v) is 5.18. The molecule has 0 aliphatic carbocycles. The minimum atomic E-state index is -0.317. The molecule has 0 bridgehead atoms. The maximum atomic E-state index is 9.74. The van der Waals surface area contributed by atoms with E-state index in [1.54, 1.807) is 0 Å². The Labute approximate surface area is 140 Å². The largest absolute Gasteiger partial charge is 0.251 e. The van der Waals surface area contributed by atoms with Gasteiger partial charge in [-0.1, -0.05) is 86.0 Å². The first kappa shape index (κ1) is 21.9. The summed E-state index contributed by atoms with van der Waals surface area (Å²) >= 11 is 0. The van der Waals surface area contributed by atoms with Gasteiger partial charge < -0.3 is 0 Å². The lowest BCUT2D eigenvalue weighted by Gasteiger charge is -2.40. The molecule has 0 aliphatic rings. The Balaban J connectivity index is 5.03. The third kappa shape index (κ3) is 8.53. The number of hydrogen-bond acceptors (Lipinski definition) is 2. The predicted octanol–water partition coefficient (Wildman–Crippen LogP) is 7.37.